The van der Waals surface area contributed by atoms with Crippen molar-refractivity contribution in [3.63, 3.8) is 0 Å². The van der Waals surface area contributed by atoms with E-state index in [1.807, 2.05) is 35.2 Å². The molecule has 1 unspecified atom stereocenters. The number of hydrogen-bond donors (Lipinski definition) is 2. The second kappa shape index (κ2) is 9.02. The number of nitrogens with zero attached hydrogens (tertiary/aromatic N) is 3. The summed E-state index contributed by atoms with van der Waals surface area (Å²) in [4.78, 5) is 35.9. The number of piperidine rings is 2. The fourth-order valence-electron chi connectivity index (χ4n) is 5.18. The van der Waals surface area contributed by atoms with Gasteiger partial charge in [0.05, 0.1) is 0 Å². The molecular formula is C26H27N5O2. The molecule has 2 aliphatic heterocycles. The van der Waals surface area contributed by atoms with Crippen LogP contribution in [0.2, 0.25) is 0 Å². The van der Waals surface area contributed by atoms with Crippen LogP contribution in [0.25, 0.3) is 0 Å². The molecule has 3 aromatic rings. The molecule has 0 aliphatic carbocycles. The van der Waals surface area contributed by atoms with E-state index < -0.39 is 0 Å². The first-order valence-electron chi connectivity index (χ1n) is 11.4. The molecule has 3 heterocycles. The number of hydrogen-bond acceptors (Lipinski definition) is 5. The summed E-state index contributed by atoms with van der Waals surface area (Å²) < 4.78 is 0. The minimum Gasteiger partial charge on any atom is -0.355 e. The number of likely N-dealkylation sites (tertiary alicyclic amines) is 1. The van der Waals surface area contributed by atoms with E-state index in [1.54, 1.807) is 18.5 Å². The van der Waals surface area contributed by atoms with Gasteiger partial charge in [-0.05, 0) is 48.1 Å². The topological polar surface area (TPSA) is 87.2 Å². The highest BCUT2D eigenvalue weighted by Crippen LogP contribution is 2.48. The molecule has 1 aromatic heterocycles. The fraction of sp³-hybridized carbons (Fsp3) is 0.308. The molecule has 2 fully saturated rings. The Kier molecular flexibility index (Phi) is 5.77. The maximum absolute atomic E-state index is 13.3. The molecule has 7 nitrogen and oxygen atoms in total. The molecule has 0 radical (unpaired) electrons. The van der Waals surface area contributed by atoms with Gasteiger partial charge in [0.25, 0.3) is 5.91 Å². The Hall–Kier alpha value is -3.74. The summed E-state index contributed by atoms with van der Waals surface area (Å²) in [6.45, 7) is 1.95. The maximum atomic E-state index is 13.3. The van der Waals surface area contributed by atoms with Crippen LogP contribution >= 0.6 is 0 Å². The van der Waals surface area contributed by atoms with E-state index in [0.29, 0.717) is 37.6 Å². The summed E-state index contributed by atoms with van der Waals surface area (Å²) >= 11 is 0. The number of benzene rings is 2. The summed E-state index contributed by atoms with van der Waals surface area (Å²) in [6, 6.07) is 19.6. The van der Waals surface area contributed by atoms with E-state index in [2.05, 4.69) is 44.9 Å². The molecule has 5 rings (SSSR count). The van der Waals surface area contributed by atoms with Crippen LogP contribution in [0.1, 0.15) is 41.1 Å². The normalized spacial score (nSPS) is 19.7. The van der Waals surface area contributed by atoms with Crippen molar-refractivity contribution in [1.82, 2.24) is 20.2 Å². The molecule has 2 aromatic carbocycles. The van der Waals surface area contributed by atoms with Crippen LogP contribution in [-0.2, 0) is 4.79 Å². The van der Waals surface area contributed by atoms with Crippen LogP contribution in [0.15, 0.2) is 73.1 Å². The standard InChI is InChI=1S/C26H27N5O2/c32-23-17-26(22(18-29-23)19-6-2-1-3-7-19)10-14-31(15-11-26)24(33)20-8-4-9-21(16-20)30-25-27-12-5-13-28-25/h1-9,12-13,16,22H,10-11,14-15,17-18H2,(H,29,32)(H,27,28,30). The molecule has 0 bridgehead atoms. The quantitative estimate of drug-likeness (QED) is 0.644. The Balaban J connectivity index is 1.30. The van der Waals surface area contributed by atoms with Crippen LogP contribution in [0.3, 0.4) is 0 Å². The van der Waals surface area contributed by atoms with E-state index in [0.717, 1.165) is 18.5 Å². The van der Waals surface area contributed by atoms with Gasteiger partial charge < -0.3 is 15.5 Å². The molecular weight excluding hydrogens is 414 g/mol. The van der Waals surface area contributed by atoms with Crippen molar-refractivity contribution in [1.29, 1.82) is 0 Å². The summed E-state index contributed by atoms with van der Waals surface area (Å²) in [5.74, 6) is 0.888. The van der Waals surface area contributed by atoms with E-state index in [1.165, 1.54) is 5.56 Å². The lowest BCUT2D eigenvalue weighted by molar-refractivity contribution is -0.127. The summed E-state index contributed by atoms with van der Waals surface area (Å²) in [6.07, 6.45) is 5.50. The molecule has 2 N–H and O–H groups in total. The molecule has 2 amide bonds. The van der Waals surface area contributed by atoms with Gasteiger partial charge in [-0.2, -0.15) is 0 Å². The second-order valence-corrected chi connectivity index (χ2v) is 8.88. The fourth-order valence-corrected chi connectivity index (χ4v) is 5.18. The number of amides is 2. The number of aromatic nitrogens is 2. The Morgan fingerprint density at radius 3 is 2.52 bits per heavy atom. The maximum Gasteiger partial charge on any atom is 0.253 e. The minimum atomic E-state index is -0.103. The number of rotatable bonds is 4. The van der Waals surface area contributed by atoms with Gasteiger partial charge in [-0.3, -0.25) is 9.59 Å². The Morgan fingerprint density at radius 1 is 1.00 bits per heavy atom. The Labute approximate surface area is 193 Å². The first-order valence-corrected chi connectivity index (χ1v) is 11.4. The summed E-state index contributed by atoms with van der Waals surface area (Å²) in [5, 5.41) is 6.19. The largest absolute Gasteiger partial charge is 0.355 e. The van der Waals surface area contributed by atoms with Gasteiger partial charge in [-0.15, -0.1) is 0 Å². The third-order valence-corrected chi connectivity index (χ3v) is 6.93. The van der Waals surface area contributed by atoms with Crippen LogP contribution in [-0.4, -0.2) is 46.3 Å². The van der Waals surface area contributed by atoms with E-state index in [4.69, 9.17) is 0 Å². The molecule has 1 atom stereocenters. The highest BCUT2D eigenvalue weighted by molar-refractivity contribution is 5.95. The van der Waals surface area contributed by atoms with Gasteiger partial charge in [0, 0.05) is 55.6 Å². The van der Waals surface area contributed by atoms with Crippen molar-refractivity contribution < 1.29 is 9.59 Å². The zero-order chi connectivity index (χ0) is 22.7. The van der Waals surface area contributed by atoms with E-state index >= 15 is 0 Å². The van der Waals surface area contributed by atoms with Crippen LogP contribution < -0.4 is 10.6 Å². The summed E-state index contributed by atoms with van der Waals surface area (Å²) in [5.41, 5.74) is 2.56. The Morgan fingerprint density at radius 2 is 1.76 bits per heavy atom. The van der Waals surface area contributed by atoms with Crippen LogP contribution in [0, 0.1) is 5.41 Å². The zero-order valence-electron chi connectivity index (χ0n) is 18.4. The van der Waals surface area contributed by atoms with Gasteiger partial charge in [0.1, 0.15) is 0 Å². The summed E-state index contributed by atoms with van der Waals surface area (Å²) in [7, 11) is 0. The predicted molar refractivity (Wildman–Crippen MR) is 126 cm³/mol. The molecule has 2 aliphatic rings. The molecule has 2 saturated heterocycles. The molecule has 7 heteroatoms. The van der Waals surface area contributed by atoms with Gasteiger partial charge in [-0.25, -0.2) is 9.97 Å². The van der Waals surface area contributed by atoms with E-state index in [-0.39, 0.29) is 23.1 Å². The number of nitrogens with one attached hydrogen (secondary N) is 2. The van der Waals surface area contributed by atoms with Crippen molar-refractivity contribution >= 4 is 23.5 Å². The minimum absolute atomic E-state index is 0.0130. The molecule has 0 saturated carbocycles. The van der Waals surface area contributed by atoms with Crippen molar-refractivity contribution in [3.8, 4) is 0 Å². The SMILES string of the molecule is O=C1CC2(CCN(C(=O)c3cccc(Nc4ncccn4)c3)CC2)C(c2ccccc2)CN1. The lowest BCUT2D eigenvalue weighted by atomic mass is 9.62. The monoisotopic (exact) mass is 441 g/mol. The molecule has 33 heavy (non-hydrogen) atoms. The third-order valence-electron chi connectivity index (χ3n) is 6.93. The second-order valence-electron chi connectivity index (χ2n) is 8.88. The van der Waals surface area contributed by atoms with E-state index in [9.17, 15) is 9.59 Å². The van der Waals surface area contributed by atoms with Gasteiger partial charge in [-0.1, -0.05) is 36.4 Å². The highest BCUT2D eigenvalue weighted by atomic mass is 16.2. The zero-order valence-corrected chi connectivity index (χ0v) is 18.4. The number of carbonyl (C=O) groups excluding carboxylic acids is 2. The number of anilines is 2. The van der Waals surface area contributed by atoms with Crippen molar-refractivity contribution in [3.05, 3.63) is 84.2 Å². The molecule has 168 valence electrons. The average Bonchev–Trinajstić information content (AvgIpc) is 2.85. The van der Waals surface area contributed by atoms with Gasteiger partial charge in [0.15, 0.2) is 0 Å². The van der Waals surface area contributed by atoms with Crippen LogP contribution in [0.5, 0.6) is 0 Å². The molecule has 1 spiro atoms. The van der Waals surface area contributed by atoms with Crippen molar-refractivity contribution in [2.75, 3.05) is 25.0 Å². The van der Waals surface area contributed by atoms with Crippen molar-refractivity contribution in [2.24, 2.45) is 5.41 Å². The van der Waals surface area contributed by atoms with Crippen molar-refractivity contribution in [2.45, 2.75) is 25.2 Å². The lowest BCUT2D eigenvalue weighted by Gasteiger charge is -2.49. The number of carbonyl (C=O) groups is 2. The average molecular weight is 442 g/mol. The predicted octanol–water partition coefficient (Wildman–Crippen LogP) is 3.75. The van der Waals surface area contributed by atoms with Gasteiger partial charge >= 0.3 is 0 Å². The first-order chi connectivity index (χ1) is 16.1. The third kappa shape index (κ3) is 4.44. The smallest absolute Gasteiger partial charge is 0.253 e. The highest BCUT2D eigenvalue weighted by Gasteiger charge is 2.46. The van der Waals surface area contributed by atoms with Crippen LogP contribution in [0.4, 0.5) is 11.6 Å². The Bertz CT molecular complexity index is 1130. The van der Waals surface area contributed by atoms with Gasteiger partial charge in [0.2, 0.25) is 11.9 Å². The first kappa shape index (κ1) is 21.1. The lowest BCUT2D eigenvalue weighted by Crippen LogP contribution is -2.52.